The van der Waals surface area contributed by atoms with Gasteiger partial charge in [0.15, 0.2) is 0 Å². The molecule has 0 aliphatic carbocycles. The first-order valence-electron chi connectivity index (χ1n) is 15.9. The molecule has 2 aromatic rings. The van der Waals surface area contributed by atoms with Crippen LogP contribution < -0.4 is 0 Å². The highest BCUT2D eigenvalue weighted by atomic mass is 15.3. The van der Waals surface area contributed by atoms with E-state index in [0.717, 1.165) is 91.6 Å². The summed E-state index contributed by atoms with van der Waals surface area (Å²) in [4.78, 5) is 15.8. The van der Waals surface area contributed by atoms with E-state index < -0.39 is 0 Å². The third-order valence-electron chi connectivity index (χ3n) is 9.06. The Morgan fingerprint density at radius 3 is 0.925 bits per heavy atom. The van der Waals surface area contributed by atoms with Crippen molar-refractivity contribution in [2.75, 3.05) is 106 Å². The van der Waals surface area contributed by atoms with Crippen LogP contribution in [0.25, 0.3) is 0 Å². The van der Waals surface area contributed by atoms with Crippen molar-refractivity contribution in [1.29, 1.82) is 0 Å². The van der Waals surface area contributed by atoms with Crippen molar-refractivity contribution in [3.63, 3.8) is 0 Å². The summed E-state index contributed by atoms with van der Waals surface area (Å²) in [5.41, 5.74) is 2.79. The first-order chi connectivity index (χ1) is 19.5. The highest BCUT2D eigenvalue weighted by Crippen LogP contribution is 2.37. The topological polar surface area (TPSA) is 19.4 Å². The fourth-order valence-electron chi connectivity index (χ4n) is 6.09. The molecular weight excluding hydrogens is 492 g/mol. The van der Waals surface area contributed by atoms with E-state index >= 15 is 0 Å². The fraction of sp³-hybridized carbons (Fsp3) is 0.647. The highest BCUT2D eigenvalue weighted by Gasteiger charge is 2.31. The van der Waals surface area contributed by atoms with Crippen LogP contribution in [-0.4, -0.2) is 135 Å². The Labute approximate surface area is 246 Å². The molecule has 0 saturated carbocycles. The van der Waals surface area contributed by atoms with Crippen LogP contribution in [0.4, 0.5) is 0 Å². The molecule has 40 heavy (non-hydrogen) atoms. The van der Waals surface area contributed by atoms with Gasteiger partial charge in [0.05, 0.1) is 12.1 Å². The van der Waals surface area contributed by atoms with Crippen molar-refractivity contribution in [2.24, 2.45) is 0 Å². The molecule has 0 N–H and O–H groups in total. The third kappa shape index (κ3) is 9.93. The van der Waals surface area contributed by atoms with E-state index in [-0.39, 0.29) is 12.1 Å². The quantitative estimate of drug-likeness (QED) is 0.519. The van der Waals surface area contributed by atoms with Crippen LogP contribution in [0.3, 0.4) is 0 Å². The molecular formula is C34H58N6. The van der Waals surface area contributed by atoms with E-state index in [1.807, 2.05) is 0 Å². The Hall–Kier alpha value is -1.80. The Bertz CT molecular complexity index is 834. The maximum Gasteiger partial charge on any atom is 0.0543 e. The van der Waals surface area contributed by atoms with Crippen molar-refractivity contribution in [3.8, 4) is 0 Å². The van der Waals surface area contributed by atoms with Crippen LogP contribution in [0.5, 0.6) is 0 Å². The lowest BCUT2D eigenvalue weighted by molar-refractivity contribution is 0.0877. The van der Waals surface area contributed by atoms with Crippen molar-refractivity contribution in [2.45, 2.75) is 39.8 Å². The number of nitrogens with zero attached hydrogens (tertiary/aromatic N) is 6. The van der Waals surface area contributed by atoms with E-state index in [0.29, 0.717) is 0 Å². The molecule has 6 nitrogen and oxygen atoms in total. The molecule has 0 unspecified atom stereocenters. The molecule has 224 valence electrons. The Morgan fingerprint density at radius 2 is 0.675 bits per heavy atom. The lowest BCUT2D eigenvalue weighted by Gasteiger charge is -2.41. The van der Waals surface area contributed by atoms with Gasteiger partial charge in [0.1, 0.15) is 0 Å². The second kappa shape index (κ2) is 17.9. The summed E-state index contributed by atoms with van der Waals surface area (Å²) in [6.07, 6.45) is 0. The van der Waals surface area contributed by atoms with Gasteiger partial charge in [-0.05, 0) is 51.4 Å². The fourth-order valence-corrected chi connectivity index (χ4v) is 6.09. The standard InChI is InChI=1S/C34H58N6/c1-7-37-23-21-35(5)33(31-17-13-11-14-18-31)34(32-19-15-12-16-20-32)36(6)22-24-38(8-2)26-28-40(10-4)30-29-39(9-3)27-25-37/h11-20,33-34H,7-10,21-30H2,1-6H3/t33-,34-/m1/s1. The summed E-state index contributed by atoms with van der Waals surface area (Å²) in [5.74, 6) is 0. The minimum absolute atomic E-state index is 0.268. The first kappa shape index (κ1) is 32.7. The minimum atomic E-state index is 0.268. The predicted molar refractivity (Wildman–Crippen MR) is 172 cm³/mol. The molecule has 0 bridgehead atoms. The molecule has 1 aliphatic rings. The summed E-state index contributed by atoms with van der Waals surface area (Å²) in [6.45, 7) is 24.8. The van der Waals surface area contributed by atoms with Crippen molar-refractivity contribution in [3.05, 3.63) is 71.8 Å². The molecule has 1 heterocycles. The van der Waals surface area contributed by atoms with Gasteiger partial charge in [-0.15, -0.1) is 0 Å². The van der Waals surface area contributed by atoms with E-state index in [9.17, 15) is 0 Å². The lowest BCUT2D eigenvalue weighted by atomic mass is 9.91. The van der Waals surface area contributed by atoms with Gasteiger partial charge in [-0.25, -0.2) is 0 Å². The molecule has 0 aromatic heterocycles. The average molecular weight is 551 g/mol. The maximum atomic E-state index is 2.64. The van der Waals surface area contributed by atoms with Crippen LogP contribution >= 0.6 is 0 Å². The molecule has 2 aromatic carbocycles. The normalized spacial score (nSPS) is 24.1. The molecule has 3 rings (SSSR count). The molecule has 1 aliphatic heterocycles. The molecule has 0 spiro atoms. The Kier molecular flexibility index (Phi) is 14.6. The van der Waals surface area contributed by atoms with Crippen LogP contribution in [0.2, 0.25) is 0 Å². The monoisotopic (exact) mass is 550 g/mol. The Balaban J connectivity index is 1.94. The average Bonchev–Trinajstić information content (AvgIpc) is 3.00. The molecule has 0 radical (unpaired) electrons. The zero-order valence-electron chi connectivity index (χ0n) is 26.5. The van der Waals surface area contributed by atoms with Gasteiger partial charge >= 0.3 is 0 Å². The second-order valence-corrected chi connectivity index (χ2v) is 11.4. The largest absolute Gasteiger partial charge is 0.301 e. The van der Waals surface area contributed by atoms with E-state index in [2.05, 4.69) is 132 Å². The van der Waals surface area contributed by atoms with E-state index in [4.69, 9.17) is 0 Å². The van der Waals surface area contributed by atoms with Gasteiger partial charge in [0.25, 0.3) is 0 Å². The van der Waals surface area contributed by atoms with Crippen LogP contribution in [0, 0.1) is 0 Å². The molecule has 2 atom stereocenters. The predicted octanol–water partition coefficient (Wildman–Crippen LogP) is 4.63. The summed E-state index contributed by atoms with van der Waals surface area (Å²) in [5, 5.41) is 0. The van der Waals surface area contributed by atoms with Crippen molar-refractivity contribution in [1.82, 2.24) is 29.4 Å². The number of likely N-dealkylation sites (N-methyl/N-ethyl adjacent to an activating group) is 6. The number of benzene rings is 2. The van der Waals surface area contributed by atoms with Gasteiger partial charge in [0.2, 0.25) is 0 Å². The number of hydrogen-bond acceptors (Lipinski definition) is 6. The zero-order valence-corrected chi connectivity index (χ0v) is 26.5. The molecule has 6 heteroatoms. The van der Waals surface area contributed by atoms with Gasteiger partial charge in [0, 0.05) is 65.4 Å². The van der Waals surface area contributed by atoms with Crippen molar-refractivity contribution < 1.29 is 0 Å². The summed E-state index contributed by atoms with van der Waals surface area (Å²) >= 11 is 0. The van der Waals surface area contributed by atoms with Crippen LogP contribution in [0.15, 0.2) is 60.7 Å². The summed E-state index contributed by atoms with van der Waals surface area (Å²) in [6, 6.07) is 22.9. The van der Waals surface area contributed by atoms with Gasteiger partial charge in [-0.2, -0.15) is 0 Å². The SMILES string of the molecule is CCN1CCN(CC)CCN(CC)CCN(C)[C@H](c2ccccc2)[C@@H](c2ccccc2)N(C)CCN(CC)CC1. The first-order valence-corrected chi connectivity index (χ1v) is 15.9. The number of hydrogen-bond donors (Lipinski definition) is 0. The molecule has 1 fully saturated rings. The lowest BCUT2D eigenvalue weighted by Crippen LogP contribution is -2.46. The molecule has 0 amide bonds. The van der Waals surface area contributed by atoms with Gasteiger partial charge in [-0.1, -0.05) is 88.4 Å². The summed E-state index contributed by atoms with van der Waals surface area (Å²) in [7, 11) is 4.67. The smallest absolute Gasteiger partial charge is 0.0543 e. The number of rotatable bonds is 6. The van der Waals surface area contributed by atoms with Crippen LogP contribution in [-0.2, 0) is 0 Å². The minimum Gasteiger partial charge on any atom is -0.301 e. The van der Waals surface area contributed by atoms with Gasteiger partial charge < -0.3 is 19.6 Å². The molecule has 1 saturated heterocycles. The summed E-state index contributed by atoms with van der Waals surface area (Å²) < 4.78 is 0. The van der Waals surface area contributed by atoms with E-state index in [1.165, 1.54) is 11.1 Å². The zero-order chi connectivity index (χ0) is 28.7. The van der Waals surface area contributed by atoms with Gasteiger partial charge in [-0.3, -0.25) is 9.80 Å². The highest BCUT2D eigenvalue weighted by molar-refractivity contribution is 5.28. The van der Waals surface area contributed by atoms with Crippen molar-refractivity contribution >= 4 is 0 Å². The third-order valence-corrected chi connectivity index (χ3v) is 9.06. The second-order valence-electron chi connectivity index (χ2n) is 11.4. The van der Waals surface area contributed by atoms with E-state index in [1.54, 1.807) is 0 Å². The maximum absolute atomic E-state index is 2.64. The Morgan fingerprint density at radius 1 is 0.425 bits per heavy atom. The van der Waals surface area contributed by atoms with Crippen LogP contribution in [0.1, 0.15) is 50.9 Å².